The second-order valence-electron chi connectivity index (χ2n) is 17.2. The molecule has 0 unspecified atom stereocenters. The Labute approximate surface area is 283 Å². The Morgan fingerprint density at radius 3 is 1.89 bits per heavy atom. The first-order chi connectivity index (χ1) is 20.6. The van der Waals surface area contributed by atoms with E-state index < -0.39 is 16.6 Å². The van der Waals surface area contributed by atoms with Gasteiger partial charge in [-0.25, -0.2) is 0 Å². The summed E-state index contributed by atoms with van der Waals surface area (Å²) < 4.78 is 13.0. The first-order valence-corrected chi connectivity index (χ1v) is 23.7. The lowest BCUT2D eigenvalue weighted by atomic mass is 9.78. The highest BCUT2D eigenvalue weighted by atomic mass is 28.4. The van der Waals surface area contributed by atoms with E-state index in [0.29, 0.717) is 12.5 Å². The fourth-order valence-corrected chi connectivity index (χ4v) is 7.11. The van der Waals surface area contributed by atoms with Crippen LogP contribution in [0.1, 0.15) is 134 Å². The van der Waals surface area contributed by atoms with E-state index in [0.717, 1.165) is 64.4 Å². The highest BCUT2D eigenvalue weighted by Crippen LogP contribution is 2.38. The maximum absolute atomic E-state index is 10.9. The minimum atomic E-state index is -1.77. The molecule has 5 heteroatoms. The first-order valence-electron chi connectivity index (χ1n) is 17.9. The molecule has 45 heavy (non-hydrogen) atoms. The molecule has 0 radical (unpaired) electrons. The fourth-order valence-electron chi connectivity index (χ4n) is 5.19. The van der Waals surface area contributed by atoms with E-state index in [1.807, 2.05) is 0 Å². The van der Waals surface area contributed by atoms with Gasteiger partial charge >= 0.3 is 0 Å². The van der Waals surface area contributed by atoms with E-state index in [1.54, 1.807) is 0 Å². The second kappa shape index (κ2) is 18.5. The molecule has 3 nitrogen and oxygen atoms in total. The lowest BCUT2D eigenvalue weighted by Crippen LogP contribution is -2.41. The van der Waals surface area contributed by atoms with Crippen molar-refractivity contribution in [2.24, 2.45) is 5.92 Å². The quantitative estimate of drug-likeness (QED) is 0.125. The molecule has 1 rings (SSSR count). The summed E-state index contributed by atoms with van der Waals surface area (Å²) in [6.07, 6.45) is 18.6. The zero-order valence-electron chi connectivity index (χ0n) is 32.5. The molecular weight excluding hydrogens is 585 g/mol. The smallest absolute Gasteiger partial charge is 0.192 e. The van der Waals surface area contributed by atoms with Crippen LogP contribution >= 0.6 is 0 Å². The van der Waals surface area contributed by atoms with Crippen LogP contribution in [-0.4, -0.2) is 41.1 Å². The van der Waals surface area contributed by atoms with Crippen LogP contribution in [0.25, 0.3) is 0 Å². The van der Waals surface area contributed by atoms with Gasteiger partial charge in [-0.05, 0) is 146 Å². The van der Waals surface area contributed by atoms with E-state index in [4.69, 9.17) is 8.85 Å². The number of hydrogen-bond donors (Lipinski definition) is 1. The van der Waals surface area contributed by atoms with Gasteiger partial charge in [0.05, 0.1) is 19.3 Å². The Kier molecular flexibility index (Phi) is 17.3. The predicted molar refractivity (Wildman–Crippen MR) is 205 cm³/mol. The Morgan fingerprint density at radius 1 is 0.756 bits per heavy atom. The molecule has 0 aromatic carbocycles. The monoisotopic (exact) mass is 659 g/mol. The van der Waals surface area contributed by atoms with Gasteiger partial charge < -0.3 is 14.0 Å². The van der Waals surface area contributed by atoms with Gasteiger partial charge in [-0.1, -0.05) is 88.1 Å². The van der Waals surface area contributed by atoms with E-state index >= 15 is 0 Å². The van der Waals surface area contributed by atoms with Gasteiger partial charge in [-0.3, -0.25) is 0 Å². The molecule has 0 aliphatic heterocycles. The summed E-state index contributed by atoms with van der Waals surface area (Å²) in [6.45, 7) is 35.8. The van der Waals surface area contributed by atoms with Crippen molar-refractivity contribution < 1.29 is 14.0 Å². The minimum Gasteiger partial charge on any atom is -0.413 e. The summed E-state index contributed by atoms with van der Waals surface area (Å²) in [5.41, 5.74) is 8.38. The van der Waals surface area contributed by atoms with Gasteiger partial charge in [-0.15, -0.1) is 0 Å². The van der Waals surface area contributed by atoms with E-state index in [-0.39, 0.29) is 16.2 Å². The normalized spacial score (nSPS) is 19.8. The van der Waals surface area contributed by atoms with Crippen molar-refractivity contribution >= 4 is 16.6 Å². The van der Waals surface area contributed by atoms with Gasteiger partial charge in [0.25, 0.3) is 0 Å². The maximum atomic E-state index is 10.9. The summed E-state index contributed by atoms with van der Waals surface area (Å²) in [4.78, 5) is 0. The van der Waals surface area contributed by atoms with Crippen molar-refractivity contribution in [3.63, 3.8) is 0 Å². The van der Waals surface area contributed by atoms with Crippen LogP contribution in [0.15, 0.2) is 57.7 Å². The molecule has 0 amide bonds. The molecule has 1 aliphatic rings. The summed E-state index contributed by atoms with van der Waals surface area (Å²) in [7, 11) is -3.49. The van der Waals surface area contributed by atoms with Gasteiger partial charge in [0, 0.05) is 0 Å². The largest absolute Gasteiger partial charge is 0.413 e. The Hall–Kier alpha value is -0.986. The van der Waals surface area contributed by atoms with E-state index in [9.17, 15) is 5.11 Å². The van der Waals surface area contributed by atoms with Crippen LogP contribution in [0.4, 0.5) is 0 Å². The number of allylic oxidation sites excluding steroid dienone is 7. The summed E-state index contributed by atoms with van der Waals surface area (Å²) >= 11 is 0. The van der Waals surface area contributed by atoms with Crippen LogP contribution in [0.5, 0.6) is 0 Å². The zero-order chi connectivity index (χ0) is 34.6. The molecular formula is C40H74O3Si2. The van der Waals surface area contributed by atoms with Crippen LogP contribution in [0.3, 0.4) is 0 Å². The highest BCUT2D eigenvalue weighted by molar-refractivity contribution is 6.74. The zero-order valence-corrected chi connectivity index (χ0v) is 34.5. The van der Waals surface area contributed by atoms with Gasteiger partial charge in [0.15, 0.2) is 16.6 Å². The molecule has 0 spiro atoms. The van der Waals surface area contributed by atoms with Crippen molar-refractivity contribution in [3.05, 3.63) is 57.7 Å². The van der Waals surface area contributed by atoms with Crippen molar-refractivity contribution in [1.29, 1.82) is 0 Å². The molecule has 0 saturated carbocycles. The molecule has 0 aromatic rings. The van der Waals surface area contributed by atoms with Crippen molar-refractivity contribution in [1.82, 2.24) is 0 Å². The predicted octanol–water partition coefficient (Wildman–Crippen LogP) is 12.6. The first kappa shape index (κ1) is 42.0. The average molecular weight is 659 g/mol. The molecule has 1 aliphatic carbocycles. The SMILES string of the molecule is CC(C)=CCC/C(=C/CC/C(C)=C/C[C@H]1CC[C@@H](O)C(CC/C(C)=C/CO[Si](C)(C)C(C)(C)C)=C1C)CO[Si](C)(C)C(C)(C)C. The van der Waals surface area contributed by atoms with E-state index in [1.165, 1.54) is 33.4 Å². The van der Waals surface area contributed by atoms with Crippen molar-refractivity contribution in [2.75, 3.05) is 13.2 Å². The number of aliphatic hydroxyl groups is 1. The van der Waals surface area contributed by atoms with Gasteiger partial charge in [-0.2, -0.15) is 0 Å². The Bertz CT molecular complexity index is 1070. The summed E-state index contributed by atoms with van der Waals surface area (Å²) in [5.74, 6) is 0.540. The van der Waals surface area contributed by atoms with Gasteiger partial charge in [0.1, 0.15) is 0 Å². The lowest BCUT2D eigenvalue weighted by Gasteiger charge is -2.36. The molecule has 0 saturated heterocycles. The third-order valence-electron chi connectivity index (χ3n) is 10.9. The molecule has 260 valence electrons. The van der Waals surface area contributed by atoms with Crippen molar-refractivity contribution in [2.45, 2.75) is 176 Å². The second-order valence-corrected chi connectivity index (χ2v) is 26.8. The standard InChI is InChI=1S/C40H74O3Si2/c1-31(2)18-16-20-35(30-43-45(14,15)40(9,10)11)21-17-19-32(3)22-24-36-25-27-38(41)37(34(36)5)26-23-33(4)28-29-42-44(12,13)39(6,7)8/h18,21-22,28,36,38,41H,16-17,19-20,23-27,29-30H2,1-15H3/b32-22+,33-28+,35-21-/t36-,38+/m0/s1. The van der Waals surface area contributed by atoms with E-state index in [2.05, 4.69) is 127 Å². The minimum absolute atomic E-state index is 0.230. The molecule has 0 heterocycles. The van der Waals surface area contributed by atoms with Crippen LogP contribution in [0.2, 0.25) is 36.3 Å². The topological polar surface area (TPSA) is 38.7 Å². The fraction of sp³-hybridized carbons (Fsp3) is 0.750. The summed E-state index contributed by atoms with van der Waals surface area (Å²) in [5, 5.41) is 11.4. The van der Waals surface area contributed by atoms with Gasteiger partial charge in [0.2, 0.25) is 0 Å². The average Bonchev–Trinajstić information content (AvgIpc) is 2.89. The highest BCUT2D eigenvalue weighted by Gasteiger charge is 2.37. The van der Waals surface area contributed by atoms with Crippen molar-refractivity contribution in [3.8, 4) is 0 Å². The van der Waals surface area contributed by atoms with Crippen LogP contribution in [-0.2, 0) is 8.85 Å². The molecule has 0 fully saturated rings. The number of aliphatic hydroxyl groups excluding tert-OH is 1. The maximum Gasteiger partial charge on any atom is 0.192 e. The Balaban J connectivity index is 2.79. The summed E-state index contributed by atoms with van der Waals surface area (Å²) in [6, 6.07) is 0. The third-order valence-corrected chi connectivity index (χ3v) is 19.9. The Morgan fingerprint density at radius 2 is 1.31 bits per heavy atom. The van der Waals surface area contributed by atoms with Crippen LogP contribution in [0, 0.1) is 5.92 Å². The van der Waals surface area contributed by atoms with Crippen LogP contribution < -0.4 is 0 Å². The molecule has 1 N–H and O–H groups in total. The lowest BCUT2D eigenvalue weighted by molar-refractivity contribution is 0.173. The number of rotatable bonds is 17. The molecule has 2 atom stereocenters. The molecule has 0 bridgehead atoms. The third kappa shape index (κ3) is 15.2. The number of hydrogen-bond acceptors (Lipinski definition) is 3. The molecule has 0 aromatic heterocycles.